The molecule has 0 aliphatic rings. The van der Waals surface area contributed by atoms with E-state index in [-0.39, 0.29) is 11.9 Å². The summed E-state index contributed by atoms with van der Waals surface area (Å²) < 4.78 is 0. The molecule has 0 radical (unpaired) electrons. The SMILES string of the molecule is CCC[C@H](N)C(=O)N(C)CCc1ccccc1. The first-order valence-electron chi connectivity index (χ1n) is 6.19. The Kier molecular flexibility index (Phi) is 5.70. The van der Waals surface area contributed by atoms with E-state index >= 15 is 0 Å². The normalized spacial score (nSPS) is 12.2. The van der Waals surface area contributed by atoms with Crippen LogP contribution < -0.4 is 5.73 Å². The zero-order valence-corrected chi connectivity index (χ0v) is 10.7. The van der Waals surface area contributed by atoms with E-state index in [0.717, 1.165) is 25.8 Å². The summed E-state index contributed by atoms with van der Waals surface area (Å²) in [7, 11) is 1.82. The summed E-state index contributed by atoms with van der Waals surface area (Å²) in [6.45, 7) is 2.76. The second-order valence-corrected chi connectivity index (χ2v) is 4.39. The van der Waals surface area contributed by atoms with Gasteiger partial charge in [0.15, 0.2) is 0 Å². The van der Waals surface area contributed by atoms with E-state index in [1.54, 1.807) is 4.90 Å². The summed E-state index contributed by atoms with van der Waals surface area (Å²) in [5, 5.41) is 0. The molecule has 0 unspecified atom stereocenters. The molecule has 0 bridgehead atoms. The zero-order chi connectivity index (χ0) is 12.7. The second kappa shape index (κ2) is 7.07. The molecule has 3 nitrogen and oxygen atoms in total. The largest absolute Gasteiger partial charge is 0.344 e. The molecule has 1 amide bonds. The monoisotopic (exact) mass is 234 g/mol. The molecule has 2 N–H and O–H groups in total. The number of likely N-dealkylation sites (N-methyl/N-ethyl adjacent to an activating group) is 1. The van der Waals surface area contributed by atoms with Crippen LogP contribution in [0.3, 0.4) is 0 Å². The molecule has 0 aliphatic carbocycles. The van der Waals surface area contributed by atoms with Gasteiger partial charge >= 0.3 is 0 Å². The van der Waals surface area contributed by atoms with Crippen molar-refractivity contribution in [2.75, 3.05) is 13.6 Å². The molecule has 17 heavy (non-hydrogen) atoms. The van der Waals surface area contributed by atoms with Crippen LogP contribution in [0.5, 0.6) is 0 Å². The molecule has 0 aliphatic heterocycles. The van der Waals surface area contributed by atoms with Crippen LogP contribution in [-0.4, -0.2) is 30.4 Å². The average molecular weight is 234 g/mol. The lowest BCUT2D eigenvalue weighted by molar-refractivity contribution is -0.131. The summed E-state index contributed by atoms with van der Waals surface area (Å²) in [5.74, 6) is 0.0442. The van der Waals surface area contributed by atoms with Crippen LogP contribution in [0.1, 0.15) is 25.3 Å². The van der Waals surface area contributed by atoms with Gasteiger partial charge in [0, 0.05) is 13.6 Å². The number of amides is 1. The quantitative estimate of drug-likeness (QED) is 0.816. The van der Waals surface area contributed by atoms with E-state index in [1.165, 1.54) is 5.56 Å². The van der Waals surface area contributed by atoms with Gasteiger partial charge in [-0.3, -0.25) is 4.79 Å². The third-order valence-electron chi connectivity index (χ3n) is 2.87. The third-order valence-corrected chi connectivity index (χ3v) is 2.87. The molecule has 1 atom stereocenters. The van der Waals surface area contributed by atoms with E-state index < -0.39 is 0 Å². The zero-order valence-electron chi connectivity index (χ0n) is 10.7. The van der Waals surface area contributed by atoms with Crippen molar-refractivity contribution in [1.82, 2.24) is 4.90 Å². The van der Waals surface area contributed by atoms with Crippen molar-refractivity contribution in [2.45, 2.75) is 32.2 Å². The third kappa shape index (κ3) is 4.57. The Bertz CT molecular complexity index is 337. The molecule has 0 aromatic heterocycles. The van der Waals surface area contributed by atoms with Gasteiger partial charge in [-0.05, 0) is 18.4 Å². The average Bonchev–Trinajstić information content (AvgIpc) is 2.36. The molecule has 0 saturated heterocycles. The highest BCUT2D eigenvalue weighted by Crippen LogP contribution is 2.03. The molecule has 1 aromatic carbocycles. The van der Waals surface area contributed by atoms with Crippen molar-refractivity contribution < 1.29 is 4.79 Å². The van der Waals surface area contributed by atoms with Gasteiger partial charge in [0.25, 0.3) is 0 Å². The Morgan fingerprint density at radius 2 is 2.00 bits per heavy atom. The summed E-state index contributed by atoms with van der Waals surface area (Å²) in [4.78, 5) is 13.6. The fourth-order valence-electron chi connectivity index (χ4n) is 1.77. The predicted octanol–water partition coefficient (Wildman–Crippen LogP) is 1.81. The fourth-order valence-corrected chi connectivity index (χ4v) is 1.77. The maximum atomic E-state index is 11.9. The molecule has 94 valence electrons. The van der Waals surface area contributed by atoms with E-state index in [0.29, 0.717) is 0 Å². The lowest BCUT2D eigenvalue weighted by atomic mass is 10.1. The topological polar surface area (TPSA) is 46.3 Å². The van der Waals surface area contributed by atoms with Crippen molar-refractivity contribution in [2.24, 2.45) is 5.73 Å². The van der Waals surface area contributed by atoms with Gasteiger partial charge in [0.1, 0.15) is 0 Å². The predicted molar refractivity (Wildman–Crippen MR) is 70.7 cm³/mol. The van der Waals surface area contributed by atoms with Gasteiger partial charge in [-0.2, -0.15) is 0 Å². The van der Waals surface area contributed by atoms with Gasteiger partial charge < -0.3 is 10.6 Å². The maximum absolute atomic E-state index is 11.9. The van der Waals surface area contributed by atoms with Gasteiger partial charge in [-0.1, -0.05) is 43.7 Å². The molecule has 1 rings (SSSR count). The van der Waals surface area contributed by atoms with Crippen LogP contribution in [0.15, 0.2) is 30.3 Å². The molecular weight excluding hydrogens is 212 g/mol. The second-order valence-electron chi connectivity index (χ2n) is 4.39. The van der Waals surface area contributed by atoms with Crippen LogP contribution in [0.4, 0.5) is 0 Å². The van der Waals surface area contributed by atoms with Crippen molar-refractivity contribution in [3.63, 3.8) is 0 Å². The van der Waals surface area contributed by atoms with E-state index in [2.05, 4.69) is 12.1 Å². The summed E-state index contributed by atoms with van der Waals surface area (Å²) in [6, 6.07) is 9.82. The minimum Gasteiger partial charge on any atom is -0.344 e. The van der Waals surface area contributed by atoms with E-state index in [4.69, 9.17) is 5.73 Å². The number of carbonyl (C=O) groups excluding carboxylic acids is 1. The molecule has 0 saturated carbocycles. The van der Waals surface area contributed by atoms with Gasteiger partial charge in [0.05, 0.1) is 6.04 Å². The highest BCUT2D eigenvalue weighted by molar-refractivity contribution is 5.81. The van der Waals surface area contributed by atoms with Crippen LogP contribution in [0, 0.1) is 0 Å². The number of nitrogens with zero attached hydrogens (tertiary/aromatic N) is 1. The Hall–Kier alpha value is -1.35. The number of nitrogens with two attached hydrogens (primary N) is 1. The smallest absolute Gasteiger partial charge is 0.239 e. The highest BCUT2D eigenvalue weighted by Gasteiger charge is 2.16. The van der Waals surface area contributed by atoms with Gasteiger partial charge in [-0.15, -0.1) is 0 Å². The van der Waals surface area contributed by atoms with Crippen molar-refractivity contribution >= 4 is 5.91 Å². The van der Waals surface area contributed by atoms with Crippen LogP contribution in [0.25, 0.3) is 0 Å². The first-order chi connectivity index (χ1) is 8.15. The summed E-state index contributed by atoms with van der Waals surface area (Å²) in [5.41, 5.74) is 7.05. The first-order valence-corrected chi connectivity index (χ1v) is 6.19. The Morgan fingerprint density at radius 1 is 1.35 bits per heavy atom. The van der Waals surface area contributed by atoms with Gasteiger partial charge in [-0.25, -0.2) is 0 Å². The Labute approximate surface area is 104 Å². The van der Waals surface area contributed by atoms with E-state index in [9.17, 15) is 4.79 Å². The summed E-state index contributed by atoms with van der Waals surface area (Å²) in [6.07, 6.45) is 2.58. The van der Waals surface area contributed by atoms with E-state index in [1.807, 2.05) is 32.2 Å². The van der Waals surface area contributed by atoms with Crippen LogP contribution in [-0.2, 0) is 11.2 Å². The Balaban J connectivity index is 2.39. The molecule has 0 heterocycles. The lowest BCUT2D eigenvalue weighted by Crippen LogP contribution is -2.42. The number of hydrogen-bond acceptors (Lipinski definition) is 2. The first kappa shape index (κ1) is 13.7. The van der Waals surface area contributed by atoms with Crippen molar-refractivity contribution in [3.05, 3.63) is 35.9 Å². The van der Waals surface area contributed by atoms with Gasteiger partial charge in [0.2, 0.25) is 5.91 Å². The number of rotatable bonds is 6. The minimum absolute atomic E-state index is 0.0442. The molecule has 1 aromatic rings. The molecule has 3 heteroatoms. The van der Waals surface area contributed by atoms with Crippen LogP contribution in [0.2, 0.25) is 0 Å². The van der Waals surface area contributed by atoms with Crippen LogP contribution >= 0.6 is 0 Å². The molecular formula is C14H22N2O. The lowest BCUT2D eigenvalue weighted by Gasteiger charge is -2.21. The van der Waals surface area contributed by atoms with Crippen molar-refractivity contribution in [1.29, 1.82) is 0 Å². The molecule has 0 spiro atoms. The highest BCUT2D eigenvalue weighted by atomic mass is 16.2. The standard InChI is InChI=1S/C14H22N2O/c1-3-7-13(15)14(17)16(2)11-10-12-8-5-4-6-9-12/h4-6,8-9,13H,3,7,10-11,15H2,1-2H3/t13-/m0/s1. The summed E-state index contributed by atoms with van der Waals surface area (Å²) >= 11 is 0. The van der Waals surface area contributed by atoms with Crippen molar-refractivity contribution in [3.8, 4) is 0 Å². The molecule has 0 fully saturated rings. The fraction of sp³-hybridized carbons (Fsp3) is 0.500. The number of carbonyl (C=O) groups is 1. The Morgan fingerprint density at radius 3 is 2.59 bits per heavy atom. The minimum atomic E-state index is -0.347. The number of hydrogen-bond donors (Lipinski definition) is 1. The number of benzene rings is 1. The maximum Gasteiger partial charge on any atom is 0.239 e.